The van der Waals surface area contributed by atoms with Crippen LogP contribution in [-0.2, 0) is 0 Å². The van der Waals surface area contributed by atoms with Gasteiger partial charge in [-0.25, -0.2) is 0 Å². The van der Waals surface area contributed by atoms with E-state index in [4.69, 9.17) is 0 Å². The molecule has 0 radical (unpaired) electrons. The van der Waals surface area contributed by atoms with Crippen molar-refractivity contribution in [2.24, 2.45) is 5.92 Å². The van der Waals surface area contributed by atoms with Crippen LogP contribution < -0.4 is 5.32 Å². The number of nitrogens with zero attached hydrogens (tertiary/aromatic N) is 1. The van der Waals surface area contributed by atoms with Gasteiger partial charge in [0.05, 0.1) is 6.07 Å². The topological polar surface area (TPSA) is 35.8 Å². The number of thioether (sulfide) groups is 1. The van der Waals surface area contributed by atoms with E-state index in [1.54, 1.807) is 0 Å². The fourth-order valence-corrected chi connectivity index (χ4v) is 3.41. The summed E-state index contributed by atoms with van der Waals surface area (Å²) in [5.41, 5.74) is -0.328. The Kier molecular flexibility index (Phi) is 5.82. The van der Waals surface area contributed by atoms with Crippen LogP contribution in [0.5, 0.6) is 0 Å². The molecule has 0 aliphatic heterocycles. The Balaban J connectivity index is 2.26. The quantitative estimate of drug-likeness (QED) is 0.719. The molecule has 1 aliphatic rings. The Morgan fingerprint density at radius 2 is 2.06 bits per heavy atom. The molecule has 0 bridgehead atoms. The second kappa shape index (κ2) is 6.66. The SMILES string of the molecule is CC(C)CCSC(C)CC(C)(C#N)NC1CC1. The minimum atomic E-state index is -0.328. The molecule has 17 heavy (non-hydrogen) atoms. The Morgan fingerprint density at radius 1 is 1.41 bits per heavy atom. The average molecular weight is 254 g/mol. The third-order valence-electron chi connectivity index (χ3n) is 3.14. The van der Waals surface area contributed by atoms with Gasteiger partial charge in [0.15, 0.2) is 0 Å². The lowest BCUT2D eigenvalue weighted by Crippen LogP contribution is -2.44. The predicted octanol–water partition coefficient (Wildman–Crippen LogP) is 3.58. The fourth-order valence-electron chi connectivity index (χ4n) is 1.95. The number of nitriles is 1. The summed E-state index contributed by atoms with van der Waals surface area (Å²) < 4.78 is 0. The molecule has 98 valence electrons. The molecule has 0 saturated heterocycles. The third-order valence-corrected chi connectivity index (χ3v) is 4.35. The van der Waals surface area contributed by atoms with Gasteiger partial charge in [-0.3, -0.25) is 5.32 Å². The van der Waals surface area contributed by atoms with Crippen molar-refractivity contribution < 1.29 is 0 Å². The molecule has 1 saturated carbocycles. The van der Waals surface area contributed by atoms with E-state index in [1.807, 2.05) is 18.7 Å². The lowest BCUT2D eigenvalue weighted by Gasteiger charge is -2.26. The Hall–Kier alpha value is -0.200. The zero-order valence-corrected chi connectivity index (χ0v) is 12.4. The van der Waals surface area contributed by atoms with E-state index in [1.165, 1.54) is 25.0 Å². The molecule has 2 nitrogen and oxygen atoms in total. The summed E-state index contributed by atoms with van der Waals surface area (Å²) in [4.78, 5) is 0. The van der Waals surface area contributed by atoms with Crippen LogP contribution >= 0.6 is 11.8 Å². The van der Waals surface area contributed by atoms with Gasteiger partial charge in [-0.2, -0.15) is 17.0 Å². The molecule has 2 unspecified atom stereocenters. The van der Waals surface area contributed by atoms with Crippen LogP contribution in [0.1, 0.15) is 53.4 Å². The predicted molar refractivity (Wildman–Crippen MR) is 76.2 cm³/mol. The molecule has 0 heterocycles. The van der Waals surface area contributed by atoms with E-state index in [-0.39, 0.29) is 5.54 Å². The second-order valence-corrected chi connectivity index (χ2v) is 7.48. The molecule has 0 aromatic carbocycles. The molecule has 1 N–H and O–H groups in total. The van der Waals surface area contributed by atoms with Crippen molar-refractivity contribution in [2.75, 3.05) is 5.75 Å². The zero-order chi connectivity index (χ0) is 12.9. The molecular weight excluding hydrogens is 228 g/mol. The third kappa shape index (κ3) is 6.33. The van der Waals surface area contributed by atoms with E-state index in [9.17, 15) is 5.26 Å². The van der Waals surface area contributed by atoms with Crippen molar-refractivity contribution in [2.45, 2.75) is 70.2 Å². The van der Waals surface area contributed by atoms with E-state index < -0.39 is 0 Å². The van der Waals surface area contributed by atoms with Gasteiger partial charge >= 0.3 is 0 Å². The van der Waals surface area contributed by atoms with Crippen LogP contribution in [0.25, 0.3) is 0 Å². The monoisotopic (exact) mass is 254 g/mol. The molecule has 1 aliphatic carbocycles. The van der Waals surface area contributed by atoms with Gasteiger partial charge in [-0.05, 0) is 44.3 Å². The van der Waals surface area contributed by atoms with Crippen LogP contribution in [0, 0.1) is 17.2 Å². The van der Waals surface area contributed by atoms with Gasteiger partial charge in [0.2, 0.25) is 0 Å². The maximum absolute atomic E-state index is 9.30. The first-order valence-corrected chi connectivity index (χ1v) is 7.80. The summed E-state index contributed by atoms with van der Waals surface area (Å²) >= 11 is 2.00. The number of hydrogen-bond donors (Lipinski definition) is 1. The summed E-state index contributed by atoms with van der Waals surface area (Å²) in [7, 11) is 0. The standard InChI is InChI=1S/C14H26N2S/c1-11(2)7-8-17-12(3)9-14(4,10-15)16-13-5-6-13/h11-13,16H,5-9H2,1-4H3. The van der Waals surface area contributed by atoms with E-state index >= 15 is 0 Å². The molecule has 0 aromatic heterocycles. The Morgan fingerprint density at radius 3 is 2.53 bits per heavy atom. The minimum absolute atomic E-state index is 0.328. The van der Waals surface area contributed by atoms with Crippen LogP contribution in [0.4, 0.5) is 0 Å². The fraction of sp³-hybridized carbons (Fsp3) is 0.929. The van der Waals surface area contributed by atoms with Crippen molar-refractivity contribution >= 4 is 11.8 Å². The molecular formula is C14H26N2S. The van der Waals surface area contributed by atoms with Gasteiger partial charge in [-0.15, -0.1) is 0 Å². The number of nitrogens with one attached hydrogen (secondary N) is 1. The molecule has 0 aromatic rings. The van der Waals surface area contributed by atoms with E-state index in [0.29, 0.717) is 11.3 Å². The zero-order valence-electron chi connectivity index (χ0n) is 11.6. The highest BCUT2D eigenvalue weighted by Gasteiger charge is 2.33. The lowest BCUT2D eigenvalue weighted by molar-refractivity contribution is 0.414. The maximum Gasteiger partial charge on any atom is 0.105 e. The maximum atomic E-state index is 9.30. The van der Waals surface area contributed by atoms with Crippen LogP contribution in [0.15, 0.2) is 0 Å². The summed E-state index contributed by atoms with van der Waals surface area (Å²) in [5.74, 6) is 1.99. The van der Waals surface area contributed by atoms with Crippen LogP contribution in [-0.4, -0.2) is 22.6 Å². The largest absolute Gasteiger partial charge is 0.297 e. The first-order valence-electron chi connectivity index (χ1n) is 6.76. The van der Waals surface area contributed by atoms with Gasteiger partial charge < -0.3 is 0 Å². The van der Waals surface area contributed by atoms with Gasteiger partial charge in [0.1, 0.15) is 5.54 Å². The molecule has 1 fully saturated rings. The van der Waals surface area contributed by atoms with Crippen molar-refractivity contribution in [1.82, 2.24) is 5.32 Å². The summed E-state index contributed by atoms with van der Waals surface area (Å²) in [5, 5.41) is 13.3. The number of hydrogen-bond acceptors (Lipinski definition) is 3. The Bertz CT molecular complexity index is 268. The first-order chi connectivity index (χ1) is 7.95. The van der Waals surface area contributed by atoms with Crippen LogP contribution in [0.2, 0.25) is 0 Å². The minimum Gasteiger partial charge on any atom is -0.297 e. The van der Waals surface area contributed by atoms with E-state index in [0.717, 1.165) is 12.3 Å². The first kappa shape index (κ1) is 14.9. The average Bonchev–Trinajstić information content (AvgIpc) is 3.00. The molecule has 1 rings (SSSR count). The van der Waals surface area contributed by atoms with Crippen molar-refractivity contribution in [1.29, 1.82) is 5.26 Å². The summed E-state index contributed by atoms with van der Waals surface area (Å²) in [6, 6.07) is 3.06. The van der Waals surface area contributed by atoms with Crippen LogP contribution in [0.3, 0.4) is 0 Å². The van der Waals surface area contributed by atoms with E-state index in [2.05, 4.69) is 32.2 Å². The molecule has 0 amide bonds. The summed E-state index contributed by atoms with van der Waals surface area (Å²) in [6.45, 7) is 8.82. The van der Waals surface area contributed by atoms with Crippen molar-refractivity contribution in [3.05, 3.63) is 0 Å². The highest BCUT2D eigenvalue weighted by molar-refractivity contribution is 7.99. The van der Waals surface area contributed by atoms with Gasteiger partial charge in [-0.1, -0.05) is 20.8 Å². The molecule has 0 spiro atoms. The van der Waals surface area contributed by atoms with Gasteiger partial charge in [0, 0.05) is 11.3 Å². The highest BCUT2D eigenvalue weighted by Crippen LogP contribution is 2.27. The molecule has 3 heteroatoms. The van der Waals surface area contributed by atoms with Crippen molar-refractivity contribution in [3.8, 4) is 6.07 Å². The summed E-state index contributed by atoms with van der Waals surface area (Å²) in [6.07, 6.45) is 4.70. The normalized spacial score (nSPS) is 20.9. The Labute approximate surface area is 111 Å². The highest BCUT2D eigenvalue weighted by atomic mass is 32.2. The second-order valence-electron chi connectivity index (χ2n) is 5.93. The van der Waals surface area contributed by atoms with Crippen molar-refractivity contribution in [3.63, 3.8) is 0 Å². The smallest absolute Gasteiger partial charge is 0.105 e. The lowest BCUT2D eigenvalue weighted by atomic mass is 9.98. The number of rotatable bonds is 8. The molecule has 2 atom stereocenters. The van der Waals surface area contributed by atoms with Gasteiger partial charge in [0.25, 0.3) is 0 Å².